The van der Waals surface area contributed by atoms with Gasteiger partial charge in [-0.25, -0.2) is 13.8 Å². The zero-order valence-corrected chi connectivity index (χ0v) is 23.4. The Kier molecular flexibility index (Phi) is 9.09. The van der Waals surface area contributed by atoms with Gasteiger partial charge in [0.15, 0.2) is 17.3 Å². The SMILES string of the molecule is COc1cc2c(N)nc(N3CCN(C(=O)C[C@@H](N)c4ccc(F)cc4)C[C@@H]3c3ccccc3)nc2c(F)c1OC.Cl. The summed E-state index contributed by atoms with van der Waals surface area (Å²) in [5.41, 5.74) is 14.2. The Labute approximate surface area is 242 Å². The Morgan fingerprint density at radius 2 is 1.76 bits per heavy atom. The maximum Gasteiger partial charge on any atom is 0.228 e. The molecule has 5 rings (SSSR count). The number of carbonyl (C=O) groups excluding carboxylic acids is 1. The van der Waals surface area contributed by atoms with E-state index in [1.807, 2.05) is 35.2 Å². The number of aromatic nitrogens is 2. The van der Waals surface area contributed by atoms with Crippen molar-refractivity contribution in [3.05, 3.63) is 83.4 Å². The average Bonchev–Trinajstić information content (AvgIpc) is 2.97. The van der Waals surface area contributed by atoms with Crippen molar-refractivity contribution in [1.82, 2.24) is 14.9 Å². The first-order valence-corrected chi connectivity index (χ1v) is 12.8. The standard InChI is InChI=1S/C29H30F2N6O3.ClH/c1-39-23-14-20-26(25(31)27(23)40-2)34-29(35-28(20)33)37-13-12-36(16-22(37)18-6-4-3-5-7-18)24(38)15-21(32)17-8-10-19(30)11-9-17;/h3-11,14,21-22H,12-13,15-16,32H2,1-2H3,(H2,33,34,35);1H/t21-,22-;/m1./s1. The van der Waals surface area contributed by atoms with Crippen LogP contribution in [-0.4, -0.2) is 54.6 Å². The summed E-state index contributed by atoms with van der Waals surface area (Å²) in [6.07, 6.45) is 0.0689. The molecule has 2 heterocycles. The summed E-state index contributed by atoms with van der Waals surface area (Å²) in [5, 5.41) is 0.304. The number of carbonyl (C=O) groups is 1. The van der Waals surface area contributed by atoms with Gasteiger partial charge in [-0.3, -0.25) is 4.79 Å². The van der Waals surface area contributed by atoms with E-state index in [9.17, 15) is 9.18 Å². The van der Waals surface area contributed by atoms with Crippen LogP contribution in [0.15, 0.2) is 60.7 Å². The smallest absolute Gasteiger partial charge is 0.228 e. The molecule has 0 aliphatic carbocycles. The number of hydrogen-bond acceptors (Lipinski definition) is 8. The number of nitrogens with zero attached hydrogens (tertiary/aromatic N) is 4. The molecular formula is C29H31ClF2N6O3. The van der Waals surface area contributed by atoms with Crippen molar-refractivity contribution in [3.8, 4) is 11.5 Å². The number of methoxy groups -OCH3 is 2. The molecule has 0 radical (unpaired) electrons. The fourth-order valence-corrected chi connectivity index (χ4v) is 5.02. The van der Waals surface area contributed by atoms with Crippen molar-refractivity contribution in [3.63, 3.8) is 0 Å². The van der Waals surface area contributed by atoms with Gasteiger partial charge >= 0.3 is 0 Å². The normalized spacial score (nSPS) is 15.8. The number of halogens is 3. The number of hydrogen-bond donors (Lipinski definition) is 2. The zero-order chi connectivity index (χ0) is 28.4. The van der Waals surface area contributed by atoms with E-state index in [0.717, 1.165) is 5.56 Å². The Morgan fingerprint density at radius 1 is 1.05 bits per heavy atom. The van der Waals surface area contributed by atoms with Gasteiger partial charge < -0.3 is 30.7 Å². The summed E-state index contributed by atoms with van der Waals surface area (Å²) < 4.78 is 39.2. The van der Waals surface area contributed by atoms with Crippen LogP contribution in [0, 0.1) is 11.6 Å². The van der Waals surface area contributed by atoms with Crippen LogP contribution in [0.3, 0.4) is 0 Å². The van der Waals surface area contributed by atoms with Crippen molar-refractivity contribution >= 4 is 41.0 Å². The summed E-state index contributed by atoms with van der Waals surface area (Å²) >= 11 is 0. The molecule has 216 valence electrons. The predicted molar refractivity (Wildman–Crippen MR) is 155 cm³/mol. The van der Waals surface area contributed by atoms with Crippen molar-refractivity contribution in [2.45, 2.75) is 18.5 Å². The van der Waals surface area contributed by atoms with E-state index in [-0.39, 0.29) is 65.4 Å². The van der Waals surface area contributed by atoms with Crippen LogP contribution >= 0.6 is 12.4 Å². The van der Waals surface area contributed by atoms with Crippen LogP contribution in [0.25, 0.3) is 10.9 Å². The lowest BCUT2D eigenvalue weighted by molar-refractivity contribution is -0.132. The second-order valence-corrected chi connectivity index (χ2v) is 9.55. The number of piperazine rings is 1. The minimum absolute atomic E-state index is 0. The largest absolute Gasteiger partial charge is 0.493 e. The maximum atomic E-state index is 15.5. The summed E-state index contributed by atoms with van der Waals surface area (Å²) in [6.45, 7) is 1.07. The molecule has 0 bridgehead atoms. The summed E-state index contributed by atoms with van der Waals surface area (Å²) in [6, 6.07) is 16.1. The topological polar surface area (TPSA) is 120 Å². The summed E-state index contributed by atoms with van der Waals surface area (Å²) in [4.78, 5) is 26.0. The van der Waals surface area contributed by atoms with Gasteiger partial charge in [0.05, 0.1) is 20.3 Å². The van der Waals surface area contributed by atoms with E-state index in [4.69, 9.17) is 20.9 Å². The van der Waals surface area contributed by atoms with Crippen LogP contribution in [0.5, 0.6) is 11.5 Å². The molecule has 1 amide bonds. The molecule has 0 unspecified atom stereocenters. The first-order chi connectivity index (χ1) is 19.3. The average molecular weight is 585 g/mol. The third kappa shape index (κ3) is 5.96. The maximum absolute atomic E-state index is 15.5. The quantitative estimate of drug-likeness (QED) is 0.328. The van der Waals surface area contributed by atoms with Crippen molar-refractivity contribution in [2.75, 3.05) is 44.5 Å². The molecule has 1 fully saturated rings. The van der Waals surface area contributed by atoms with E-state index in [0.29, 0.717) is 30.6 Å². The van der Waals surface area contributed by atoms with Crippen molar-refractivity contribution in [1.29, 1.82) is 0 Å². The molecular weight excluding hydrogens is 554 g/mol. The number of fused-ring (bicyclic) bond motifs is 1. The highest BCUT2D eigenvalue weighted by molar-refractivity contribution is 5.92. The monoisotopic (exact) mass is 584 g/mol. The Bertz CT molecular complexity index is 1530. The summed E-state index contributed by atoms with van der Waals surface area (Å²) in [7, 11) is 2.76. The Morgan fingerprint density at radius 3 is 2.41 bits per heavy atom. The molecule has 0 spiro atoms. The van der Waals surface area contributed by atoms with Crippen LogP contribution in [0.4, 0.5) is 20.5 Å². The Hall–Kier alpha value is -4.22. The van der Waals surface area contributed by atoms with E-state index < -0.39 is 11.9 Å². The molecule has 4 N–H and O–H groups in total. The Balaban J connectivity index is 0.00000387. The van der Waals surface area contributed by atoms with Gasteiger partial charge in [-0.15, -0.1) is 12.4 Å². The number of benzene rings is 3. The number of rotatable bonds is 7. The second-order valence-electron chi connectivity index (χ2n) is 9.55. The molecule has 3 aromatic carbocycles. The molecule has 2 atom stereocenters. The molecule has 41 heavy (non-hydrogen) atoms. The van der Waals surface area contributed by atoms with Crippen LogP contribution in [0.1, 0.15) is 29.6 Å². The lowest BCUT2D eigenvalue weighted by Crippen LogP contribution is -2.51. The highest BCUT2D eigenvalue weighted by Crippen LogP contribution is 2.39. The lowest BCUT2D eigenvalue weighted by Gasteiger charge is -2.42. The predicted octanol–water partition coefficient (Wildman–Crippen LogP) is 4.41. The highest BCUT2D eigenvalue weighted by Gasteiger charge is 2.33. The fraction of sp³-hybridized carbons (Fsp3) is 0.276. The fourth-order valence-electron chi connectivity index (χ4n) is 5.02. The number of nitrogen functional groups attached to an aromatic ring is 1. The molecule has 0 saturated carbocycles. The molecule has 12 heteroatoms. The number of nitrogens with two attached hydrogens (primary N) is 2. The number of ether oxygens (including phenoxy) is 2. The van der Waals surface area contributed by atoms with E-state index in [2.05, 4.69) is 9.97 Å². The first kappa shape index (κ1) is 29.8. The van der Waals surface area contributed by atoms with E-state index in [1.165, 1.54) is 26.4 Å². The molecule has 1 aromatic heterocycles. The second kappa shape index (κ2) is 12.5. The van der Waals surface area contributed by atoms with Gasteiger partial charge in [0.25, 0.3) is 0 Å². The molecule has 1 aliphatic heterocycles. The summed E-state index contributed by atoms with van der Waals surface area (Å²) in [5.74, 6) is -0.754. The highest BCUT2D eigenvalue weighted by atomic mass is 35.5. The molecule has 1 aliphatic rings. The zero-order valence-electron chi connectivity index (χ0n) is 22.6. The lowest BCUT2D eigenvalue weighted by atomic mass is 10.0. The van der Waals surface area contributed by atoms with Crippen molar-refractivity contribution < 1.29 is 23.0 Å². The molecule has 4 aromatic rings. The van der Waals surface area contributed by atoms with Gasteiger partial charge in [-0.2, -0.15) is 4.98 Å². The third-order valence-electron chi connectivity index (χ3n) is 7.16. The number of amides is 1. The number of anilines is 2. The van der Waals surface area contributed by atoms with E-state index >= 15 is 4.39 Å². The van der Waals surface area contributed by atoms with E-state index in [1.54, 1.807) is 23.1 Å². The minimum Gasteiger partial charge on any atom is -0.493 e. The van der Waals surface area contributed by atoms with Crippen molar-refractivity contribution in [2.24, 2.45) is 5.73 Å². The van der Waals surface area contributed by atoms with Gasteiger partial charge in [0, 0.05) is 37.5 Å². The van der Waals surface area contributed by atoms with Gasteiger partial charge in [0.2, 0.25) is 11.9 Å². The van der Waals surface area contributed by atoms with Crippen LogP contribution in [0.2, 0.25) is 0 Å². The first-order valence-electron chi connectivity index (χ1n) is 12.8. The third-order valence-corrected chi connectivity index (χ3v) is 7.16. The van der Waals surface area contributed by atoms with Gasteiger partial charge in [-0.1, -0.05) is 42.5 Å². The molecule has 1 saturated heterocycles. The minimum atomic E-state index is -0.702. The van der Waals surface area contributed by atoms with Crippen LogP contribution < -0.4 is 25.8 Å². The van der Waals surface area contributed by atoms with Crippen LogP contribution in [-0.2, 0) is 4.79 Å². The molecule has 9 nitrogen and oxygen atoms in total. The van der Waals surface area contributed by atoms with Gasteiger partial charge in [0.1, 0.15) is 17.2 Å². The van der Waals surface area contributed by atoms with Gasteiger partial charge in [-0.05, 0) is 29.3 Å².